The van der Waals surface area contributed by atoms with E-state index in [1.807, 2.05) is 21.6 Å². The van der Waals surface area contributed by atoms with Crippen molar-refractivity contribution < 1.29 is 13.9 Å². The monoisotopic (exact) mass is 330 g/mol. The van der Waals surface area contributed by atoms with E-state index in [-0.39, 0.29) is 11.7 Å². The average molecular weight is 330 g/mol. The number of carbonyl (C=O) groups excluding carboxylic acids is 1. The van der Waals surface area contributed by atoms with E-state index in [9.17, 15) is 9.18 Å². The number of hydrogen-bond acceptors (Lipinski definition) is 4. The maximum absolute atomic E-state index is 13.0. The molecule has 0 spiro atoms. The van der Waals surface area contributed by atoms with Gasteiger partial charge >= 0.3 is 0 Å². The second-order valence-electron chi connectivity index (χ2n) is 6.38. The molecular formula is C17H19FN4O2. The first kappa shape index (κ1) is 15.3. The summed E-state index contributed by atoms with van der Waals surface area (Å²) in [7, 11) is 0. The van der Waals surface area contributed by atoms with Crippen molar-refractivity contribution >= 4 is 5.91 Å². The van der Waals surface area contributed by atoms with Gasteiger partial charge in [0.2, 0.25) is 5.82 Å². The van der Waals surface area contributed by atoms with E-state index in [4.69, 9.17) is 4.74 Å². The standard InChI is InChI=1S/C17H19FN4O2/c18-14-3-1-12(2-4-14)9-13-5-6-21(10-13)17(23)16-20-19-15-11-24-8-7-22(15)16/h1-4,13H,5-11H2. The van der Waals surface area contributed by atoms with Gasteiger partial charge in [-0.05, 0) is 36.5 Å². The molecule has 1 aromatic carbocycles. The predicted octanol–water partition coefficient (Wildman–Crippen LogP) is 1.65. The number of likely N-dealkylation sites (tertiary alicyclic amines) is 1. The highest BCUT2D eigenvalue weighted by Gasteiger charge is 2.31. The van der Waals surface area contributed by atoms with Crippen LogP contribution in [0.1, 0.15) is 28.4 Å². The summed E-state index contributed by atoms with van der Waals surface area (Å²) in [6, 6.07) is 6.60. The van der Waals surface area contributed by atoms with Gasteiger partial charge in [-0.3, -0.25) is 4.79 Å². The number of carbonyl (C=O) groups is 1. The number of halogens is 1. The van der Waals surface area contributed by atoms with Gasteiger partial charge in [-0.1, -0.05) is 12.1 Å². The summed E-state index contributed by atoms with van der Waals surface area (Å²) in [4.78, 5) is 14.6. The van der Waals surface area contributed by atoms with Crippen molar-refractivity contribution in [3.63, 3.8) is 0 Å². The molecule has 1 unspecified atom stereocenters. The molecule has 3 heterocycles. The molecular weight excluding hydrogens is 311 g/mol. The van der Waals surface area contributed by atoms with Crippen molar-refractivity contribution in [2.24, 2.45) is 5.92 Å². The fraction of sp³-hybridized carbons (Fsp3) is 0.471. The zero-order chi connectivity index (χ0) is 16.5. The molecule has 6 nitrogen and oxygen atoms in total. The Bertz CT molecular complexity index is 744. The molecule has 1 atom stereocenters. The molecule has 7 heteroatoms. The van der Waals surface area contributed by atoms with Crippen molar-refractivity contribution in [2.45, 2.75) is 26.0 Å². The van der Waals surface area contributed by atoms with Gasteiger partial charge in [0, 0.05) is 19.6 Å². The van der Waals surface area contributed by atoms with Crippen LogP contribution in [-0.2, 0) is 24.3 Å². The minimum atomic E-state index is -0.220. The predicted molar refractivity (Wildman–Crippen MR) is 83.8 cm³/mol. The number of hydrogen-bond donors (Lipinski definition) is 0. The number of fused-ring (bicyclic) bond motifs is 1. The Labute approximate surface area is 139 Å². The molecule has 1 amide bonds. The van der Waals surface area contributed by atoms with Crippen molar-refractivity contribution in [2.75, 3.05) is 19.7 Å². The average Bonchev–Trinajstić information content (AvgIpc) is 3.23. The van der Waals surface area contributed by atoms with Crippen LogP contribution < -0.4 is 0 Å². The van der Waals surface area contributed by atoms with Crippen molar-refractivity contribution in [1.29, 1.82) is 0 Å². The Kier molecular flexibility index (Phi) is 4.02. The molecule has 0 bridgehead atoms. The van der Waals surface area contributed by atoms with Crippen LogP contribution in [0.2, 0.25) is 0 Å². The highest BCUT2D eigenvalue weighted by molar-refractivity contribution is 5.91. The Morgan fingerprint density at radius 1 is 1.25 bits per heavy atom. The highest BCUT2D eigenvalue weighted by Crippen LogP contribution is 2.23. The van der Waals surface area contributed by atoms with Crippen molar-refractivity contribution in [3.8, 4) is 0 Å². The molecule has 1 fully saturated rings. The van der Waals surface area contributed by atoms with Crippen LogP contribution in [-0.4, -0.2) is 45.3 Å². The fourth-order valence-electron chi connectivity index (χ4n) is 3.43. The van der Waals surface area contributed by atoms with Crippen LogP contribution in [0, 0.1) is 11.7 Å². The fourth-order valence-corrected chi connectivity index (χ4v) is 3.43. The third-order valence-electron chi connectivity index (χ3n) is 4.72. The van der Waals surface area contributed by atoms with Gasteiger partial charge in [-0.15, -0.1) is 10.2 Å². The van der Waals surface area contributed by atoms with Gasteiger partial charge in [0.05, 0.1) is 6.61 Å². The maximum atomic E-state index is 13.0. The molecule has 0 radical (unpaired) electrons. The normalized spacial score (nSPS) is 20.2. The Morgan fingerprint density at radius 3 is 2.92 bits per heavy atom. The Balaban J connectivity index is 1.42. The summed E-state index contributed by atoms with van der Waals surface area (Å²) in [6.07, 6.45) is 1.81. The van der Waals surface area contributed by atoms with E-state index in [2.05, 4.69) is 10.2 Å². The summed E-state index contributed by atoms with van der Waals surface area (Å²) >= 11 is 0. The lowest BCUT2D eigenvalue weighted by Crippen LogP contribution is -2.32. The molecule has 2 aromatic rings. The Hall–Kier alpha value is -2.28. The zero-order valence-corrected chi connectivity index (χ0v) is 13.3. The van der Waals surface area contributed by atoms with E-state index in [0.29, 0.717) is 43.9 Å². The second-order valence-corrected chi connectivity index (χ2v) is 6.38. The number of ether oxygens (including phenoxy) is 1. The van der Waals surface area contributed by atoms with Gasteiger partial charge in [0.15, 0.2) is 5.82 Å². The SMILES string of the molecule is O=C(c1nnc2n1CCOC2)N1CCC(Cc2ccc(F)cc2)C1. The van der Waals surface area contributed by atoms with Gasteiger partial charge in [-0.2, -0.15) is 0 Å². The van der Waals surface area contributed by atoms with E-state index < -0.39 is 0 Å². The van der Waals surface area contributed by atoms with E-state index in [0.717, 1.165) is 24.9 Å². The quantitative estimate of drug-likeness (QED) is 0.859. The molecule has 0 aliphatic carbocycles. The Morgan fingerprint density at radius 2 is 2.08 bits per heavy atom. The molecule has 1 saturated heterocycles. The number of amides is 1. The summed E-state index contributed by atoms with van der Waals surface area (Å²) in [5.74, 6) is 1.24. The summed E-state index contributed by atoms with van der Waals surface area (Å²) in [5, 5.41) is 8.11. The number of benzene rings is 1. The van der Waals surface area contributed by atoms with Gasteiger partial charge in [0.25, 0.3) is 5.91 Å². The largest absolute Gasteiger partial charge is 0.372 e. The van der Waals surface area contributed by atoms with Crippen LogP contribution >= 0.6 is 0 Å². The van der Waals surface area contributed by atoms with Crippen LogP contribution in [0.15, 0.2) is 24.3 Å². The third kappa shape index (κ3) is 2.91. The van der Waals surface area contributed by atoms with E-state index >= 15 is 0 Å². The van der Waals surface area contributed by atoms with Crippen LogP contribution in [0.4, 0.5) is 4.39 Å². The zero-order valence-electron chi connectivity index (χ0n) is 13.3. The number of rotatable bonds is 3. The van der Waals surface area contributed by atoms with Crippen LogP contribution in [0.5, 0.6) is 0 Å². The van der Waals surface area contributed by atoms with Crippen LogP contribution in [0.25, 0.3) is 0 Å². The first-order chi connectivity index (χ1) is 11.7. The smallest absolute Gasteiger partial charge is 0.291 e. The molecule has 1 aromatic heterocycles. The van der Waals surface area contributed by atoms with Crippen molar-refractivity contribution in [1.82, 2.24) is 19.7 Å². The van der Waals surface area contributed by atoms with Gasteiger partial charge in [0.1, 0.15) is 12.4 Å². The number of nitrogens with zero attached hydrogens (tertiary/aromatic N) is 4. The van der Waals surface area contributed by atoms with Crippen LogP contribution in [0.3, 0.4) is 0 Å². The van der Waals surface area contributed by atoms with Gasteiger partial charge < -0.3 is 14.2 Å². The molecule has 2 aliphatic rings. The summed E-state index contributed by atoms with van der Waals surface area (Å²) in [5.41, 5.74) is 1.10. The lowest BCUT2D eigenvalue weighted by atomic mass is 9.99. The van der Waals surface area contributed by atoms with Gasteiger partial charge in [-0.25, -0.2) is 4.39 Å². The molecule has 4 rings (SSSR count). The lowest BCUT2D eigenvalue weighted by molar-refractivity contribution is 0.0707. The van der Waals surface area contributed by atoms with E-state index in [1.165, 1.54) is 12.1 Å². The maximum Gasteiger partial charge on any atom is 0.291 e. The van der Waals surface area contributed by atoms with Crippen molar-refractivity contribution in [3.05, 3.63) is 47.3 Å². The summed E-state index contributed by atoms with van der Waals surface area (Å²) < 4.78 is 20.2. The number of aromatic nitrogens is 3. The topological polar surface area (TPSA) is 60.3 Å². The first-order valence-electron chi connectivity index (χ1n) is 8.24. The van der Waals surface area contributed by atoms with E-state index in [1.54, 1.807) is 0 Å². The minimum Gasteiger partial charge on any atom is -0.372 e. The molecule has 0 saturated carbocycles. The second kappa shape index (κ2) is 6.32. The molecule has 126 valence electrons. The summed E-state index contributed by atoms with van der Waals surface area (Å²) in [6.45, 7) is 3.04. The molecule has 0 N–H and O–H groups in total. The highest BCUT2D eigenvalue weighted by atomic mass is 19.1. The minimum absolute atomic E-state index is 0.0581. The first-order valence-corrected chi connectivity index (χ1v) is 8.24. The third-order valence-corrected chi connectivity index (χ3v) is 4.72. The lowest BCUT2D eigenvalue weighted by Gasteiger charge is -2.19. The molecule has 2 aliphatic heterocycles. The molecule has 24 heavy (non-hydrogen) atoms.